The molecule has 2 heteroatoms. The number of pyridine rings is 1. The molecule has 2 aromatic carbocycles. The van der Waals surface area contributed by atoms with Crippen LogP contribution in [-0.4, -0.2) is 4.98 Å². The summed E-state index contributed by atoms with van der Waals surface area (Å²) in [4.78, 5) is 15.3. The van der Waals surface area contributed by atoms with Crippen molar-refractivity contribution >= 4 is 10.8 Å². The molecule has 0 atom stereocenters. The van der Waals surface area contributed by atoms with Gasteiger partial charge in [-0.3, -0.25) is 4.79 Å². The van der Waals surface area contributed by atoms with Crippen molar-refractivity contribution in [3.05, 3.63) is 69.5 Å². The average Bonchev–Trinajstić information content (AvgIpc) is 2.86. The van der Waals surface area contributed by atoms with Gasteiger partial charge in [0.2, 0.25) is 0 Å². The van der Waals surface area contributed by atoms with E-state index in [4.69, 9.17) is 0 Å². The van der Waals surface area contributed by atoms with Crippen molar-refractivity contribution in [3.8, 4) is 11.3 Å². The van der Waals surface area contributed by atoms with Gasteiger partial charge < -0.3 is 4.98 Å². The lowest BCUT2D eigenvalue weighted by Crippen LogP contribution is -2.08. The third-order valence-electron chi connectivity index (χ3n) is 4.31. The third-order valence-corrected chi connectivity index (χ3v) is 4.31. The standard InChI is InChI=1S/C18H15NO/c1-2-11-6-5-9-13-15(11)10-16-12-7-3-4-8-14(12)18(20)19-17(13)16/h3-9H,2,10H2,1H3,(H,19,20). The predicted octanol–water partition coefficient (Wildman–Crippen LogP) is 3.66. The van der Waals surface area contributed by atoms with Gasteiger partial charge in [0.25, 0.3) is 5.56 Å². The Morgan fingerprint density at radius 3 is 2.60 bits per heavy atom. The number of benzene rings is 2. The van der Waals surface area contributed by atoms with E-state index in [1.54, 1.807) is 0 Å². The lowest BCUT2D eigenvalue weighted by atomic mass is 10.0. The number of aromatic amines is 1. The molecule has 1 aliphatic carbocycles. The summed E-state index contributed by atoms with van der Waals surface area (Å²) >= 11 is 0. The summed E-state index contributed by atoms with van der Waals surface area (Å²) in [6.45, 7) is 2.18. The Kier molecular flexibility index (Phi) is 2.34. The predicted molar refractivity (Wildman–Crippen MR) is 82.2 cm³/mol. The lowest BCUT2D eigenvalue weighted by molar-refractivity contribution is 1.09. The summed E-state index contributed by atoms with van der Waals surface area (Å²) in [5.74, 6) is 0. The van der Waals surface area contributed by atoms with Crippen LogP contribution >= 0.6 is 0 Å². The number of nitrogens with one attached hydrogen (secondary N) is 1. The molecule has 0 unspecified atom stereocenters. The monoisotopic (exact) mass is 261 g/mol. The first-order chi connectivity index (χ1) is 9.79. The summed E-state index contributed by atoms with van der Waals surface area (Å²) in [6.07, 6.45) is 1.95. The lowest BCUT2D eigenvalue weighted by Gasteiger charge is -2.05. The minimum atomic E-state index is 0.00843. The van der Waals surface area contributed by atoms with Gasteiger partial charge in [0.05, 0.1) is 5.69 Å². The molecule has 3 aromatic rings. The van der Waals surface area contributed by atoms with Crippen molar-refractivity contribution in [1.29, 1.82) is 0 Å². The van der Waals surface area contributed by atoms with E-state index in [-0.39, 0.29) is 5.56 Å². The van der Waals surface area contributed by atoms with Gasteiger partial charge in [0, 0.05) is 17.4 Å². The number of aryl methyl sites for hydroxylation is 1. The molecule has 1 aliphatic rings. The zero-order valence-corrected chi connectivity index (χ0v) is 11.4. The molecule has 4 rings (SSSR count). The summed E-state index contributed by atoms with van der Waals surface area (Å²) in [5, 5.41) is 1.88. The van der Waals surface area contributed by atoms with Crippen LogP contribution in [0.1, 0.15) is 23.6 Å². The highest BCUT2D eigenvalue weighted by Crippen LogP contribution is 2.39. The van der Waals surface area contributed by atoms with Gasteiger partial charge in [-0.2, -0.15) is 0 Å². The third kappa shape index (κ3) is 1.42. The van der Waals surface area contributed by atoms with E-state index in [0.717, 1.165) is 29.3 Å². The first-order valence-corrected chi connectivity index (χ1v) is 7.04. The van der Waals surface area contributed by atoms with Crippen LogP contribution in [0.25, 0.3) is 22.0 Å². The van der Waals surface area contributed by atoms with Crippen molar-refractivity contribution in [2.24, 2.45) is 0 Å². The zero-order chi connectivity index (χ0) is 13.7. The van der Waals surface area contributed by atoms with Crippen LogP contribution in [0.3, 0.4) is 0 Å². The number of hydrogen-bond acceptors (Lipinski definition) is 1. The van der Waals surface area contributed by atoms with Crippen molar-refractivity contribution < 1.29 is 0 Å². The van der Waals surface area contributed by atoms with Crippen molar-refractivity contribution in [3.63, 3.8) is 0 Å². The minimum Gasteiger partial charge on any atom is -0.321 e. The minimum absolute atomic E-state index is 0.00843. The Morgan fingerprint density at radius 1 is 1.00 bits per heavy atom. The number of fused-ring (bicyclic) bond motifs is 5. The number of H-pyrrole nitrogens is 1. The van der Waals surface area contributed by atoms with Gasteiger partial charge in [0.15, 0.2) is 0 Å². The summed E-state index contributed by atoms with van der Waals surface area (Å²) in [6, 6.07) is 14.3. The van der Waals surface area contributed by atoms with E-state index in [9.17, 15) is 4.79 Å². The highest BCUT2D eigenvalue weighted by atomic mass is 16.1. The van der Waals surface area contributed by atoms with Crippen LogP contribution in [0.2, 0.25) is 0 Å². The molecule has 98 valence electrons. The number of rotatable bonds is 1. The van der Waals surface area contributed by atoms with E-state index in [2.05, 4.69) is 36.2 Å². The van der Waals surface area contributed by atoms with Gasteiger partial charge >= 0.3 is 0 Å². The molecule has 2 nitrogen and oxygen atoms in total. The maximum Gasteiger partial charge on any atom is 0.256 e. The molecule has 0 aliphatic heterocycles. The van der Waals surface area contributed by atoms with E-state index in [0.29, 0.717) is 0 Å². The first-order valence-electron chi connectivity index (χ1n) is 7.04. The Hall–Kier alpha value is -2.35. The second kappa shape index (κ2) is 4.07. The van der Waals surface area contributed by atoms with E-state index in [1.807, 2.05) is 18.2 Å². The molecule has 0 spiro atoms. The number of aromatic nitrogens is 1. The van der Waals surface area contributed by atoms with E-state index >= 15 is 0 Å². The fourth-order valence-electron chi connectivity index (χ4n) is 3.33. The highest BCUT2D eigenvalue weighted by Gasteiger charge is 2.23. The molecule has 1 heterocycles. The fourth-order valence-corrected chi connectivity index (χ4v) is 3.33. The van der Waals surface area contributed by atoms with Gasteiger partial charge in [-0.25, -0.2) is 0 Å². The largest absolute Gasteiger partial charge is 0.321 e. The van der Waals surface area contributed by atoms with Gasteiger partial charge in [-0.15, -0.1) is 0 Å². The van der Waals surface area contributed by atoms with Crippen LogP contribution in [0.5, 0.6) is 0 Å². The Morgan fingerprint density at radius 2 is 1.80 bits per heavy atom. The molecule has 1 N–H and O–H groups in total. The van der Waals surface area contributed by atoms with Crippen LogP contribution in [0.15, 0.2) is 47.3 Å². The molecule has 0 saturated carbocycles. The molecule has 0 fully saturated rings. The molecule has 0 radical (unpaired) electrons. The number of hydrogen-bond donors (Lipinski definition) is 1. The molecule has 0 amide bonds. The van der Waals surface area contributed by atoms with Gasteiger partial charge in [-0.1, -0.05) is 43.3 Å². The topological polar surface area (TPSA) is 32.9 Å². The smallest absolute Gasteiger partial charge is 0.256 e. The Balaban J connectivity index is 2.11. The maximum absolute atomic E-state index is 12.2. The molecule has 0 bridgehead atoms. The fraction of sp³-hybridized carbons (Fsp3) is 0.167. The van der Waals surface area contributed by atoms with Crippen LogP contribution < -0.4 is 5.56 Å². The molecule has 0 saturated heterocycles. The summed E-state index contributed by atoms with van der Waals surface area (Å²) in [5.41, 5.74) is 6.23. The second-order valence-corrected chi connectivity index (χ2v) is 5.33. The maximum atomic E-state index is 12.2. The average molecular weight is 261 g/mol. The van der Waals surface area contributed by atoms with Crippen molar-refractivity contribution in [2.75, 3.05) is 0 Å². The van der Waals surface area contributed by atoms with Crippen LogP contribution in [0, 0.1) is 0 Å². The van der Waals surface area contributed by atoms with Crippen LogP contribution in [-0.2, 0) is 12.8 Å². The molecule has 20 heavy (non-hydrogen) atoms. The van der Waals surface area contributed by atoms with E-state index in [1.165, 1.54) is 22.3 Å². The second-order valence-electron chi connectivity index (χ2n) is 5.33. The van der Waals surface area contributed by atoms with E-state index < -0.39 is 0 Å². The molecule has 1 aromatic heterocycles. The van der Waals surface area contributed by atoms with Crippen molar-refractivity contribution in [1.82, 2.24) is 4.98 Å². The quantitative estimate of drug-likeness (QED) is 0.557. The Labute approximate surface area is 117 Å². The van der Waals surface area contributed by atoms with Crippen molar-refractivity contribution in [2.45, 2.75) is 19.8 Å². The van der Waals surface area contributed by atoms with Gasteiger partial charge in [-0.05, 0) is 34.6 Å². The zero-order valence-electron chi connectivity index (χ0n) is 11.4. The summed E-state index contributed by atoms with van der Waals surface area (Å²) in [7, 11) is 0. The highest BCUT2D eigenvalue weighted by molar-refractivity contribution is 5.93. The summed E-state index contributed by atoms with van der Waals surface area (Å²) < 4.78 is 0. The molecular weight excluding hydrogens is 246 g/mol. The van der Waals surface area contributed by atoms with Crippen LogP contribution in [0.4, 0.5) is 0 Å². The first kappa shape index (κ1) is 11.5. The molecular formula is C18H15NO. The van der Waals surface area contributed by atoms with Gasteiger partial charge in [0.1, 0.15) is 0 Å². The normalized spacial score (nSPS) is 12.4. The Bertz CT molecular complexity index is 890. The SMILES string of the molecule is CCc1cccc2c1Cc1c-2[nH]c(=O)c2ccccc12.